The Balaban J connectivity index is 2.94. The topological polar surface area (TPSA) is 57.5 Å². The molecule has 2 N–H and O–H groups in total. The summed E-state index contributed by atoms with van der Waals surface area (Å²) in [6, 6.07) is 8.23. The molecule has 0 aliphatic rings. The van der Waals surface area contributed by atoms with Crippen molar-refractivity contribution < 1.29 is 15.0 Å². The van der Waals surface area contributed by atoms with Crippen molar-refractivity contribution in [2.24, 2.45) is 0 Å². The summed E-state index contributed by atoms with van der Waals surface area (Å²) < 4.78 is 0. The molecule has 62 valence electrons. The van der Waals surface area contributed by atoms with E-state index in [2.05, 4.69) is 0 Å². The lowest BCUT2D eigenvalue weighted by Gasteiger charge is -1.96. The molecule has 0 bridgehead atoms. The van der Waals surface area contributed by atoms with E-state index in [-0.39, 0.29) is 0 Å². The van der Waals surface area contributed by atoms with Gasteiger partial charge in [-0.3, -0.25) is 4.79 Å². The van der Waals surface area contributed by atoms with Crippen molar-refractivity contribution in [1.82, 2.24) is 0 Å². The van der Waals surface area contributed by atoms with E-state index >= 15 is 0 Å². The number of carbonyl (C=O) groups is 1. The predicted molar refractivity (Wildman–Crippen MR) is 44.1 cm³/mol. The molecule has 0 radical (unpaired) electrons. The highest BCUT2D eigenvalue weighted by Gasteiger charge is 2.09. The van der Waals surface area contributed by atoms with Crippen molar-refractivity contribution in [3.05, 3.63) is 47.9 Å². The summed E-state index contributed by atoms with van der Waals surface area (Å²) in [4.78, 5) is 11.1. The van der Waals surface area contributed by atoms with E-state index in [4.69, 9.17) is 10.2 Å². The first-order valence-corrected chi connectivity index (χ1v) is 3.39. The van der Waals surface area contributed by atoms with Crippen molar-refractivity contribution in [2.75, 3.05) is 0 Å². The lowest BCUT2D eigenvalue weighted by molar-refractivity contribution is 0.0971. The van der Waals surface area contributed by atoms with Gasteiger partial charge < -0.3 is 10.2 Å². The maximum absolute atomic E-state index is 11.1. The van der Waals surface area contributed by atoms with Crippen LogP contribution in [0.25, 0.3) is 0 Å². The summed E-state index contributed by atoms with van der Waals surface area (Å²) in [5.74, 6) is -1.24. The van der Waals surface area contributed by atoms with Crippen molar-refractivity contribution in [3.8, 4) is 0 Å². The first-order valence-electron chi connectivity index (χ1n) is 3.39. The second kappa shape index (κ2) is 3.57. The summed E-state index contributed by atoms with van der Waals surface area (Å²) in [6.07, 6.45) is 0.384. The van der Waals surface area contributed by atoms with Crippen LogP contribution in [-0.4, -0.2) is 16.0 Å². The Morgan fingerprint density at radius 2 is 1.83 bits per heavy atom. The highest BCUT2D eigenvalue weighted by molar-refractivity contribution is 6.06. The van der Waals surface area contributed by atoms with Gasteiger partial charge in [0.05, 0.1) is 0 Å². The van der Waals surface area contributed by atoms with Crippen molar-refractivity contribution in [2.45, 2.75) is 0 Å². The first-order chi connectivity index (χ1) is 5.75. The Kier molecular flexibility index (Phi) is 2.48. The summed E-state index contributed by atoms with van der Waals surface area (Å²) in [6.45, 7) is 0. The number of rotatable bonds is 2. The number of aliphatic hydroxyl groups excluding tert-OH is 2. The van der Waals surface area contributed by atoms with Gasteiger partial charge in [-0.15, -0.1) is 0 Å². The maximum Gasteiger partial charge on any atom is 0.230 e. The Bertz CT molecular complexity index is 301. The molecule has 1 aromatic rings. The van der Waals surface area contributed by atoms with Crippen LogP contribution in [0.4, 0.5) is 0 Å². The van der Waals surface area contributed by atoms with E-state index in [1.807, 2.05) is 0 Å². The maximum atomic E-state index is 11.1. The van der Waals surface area contributed by atoms with E-state index in [1.54, 1.807) is 30.3 Å². The van der Waals surface area contributed by atoms with Crippen LogP contribution in [0.3, 0.4) is 0 Å². The van der Waals surface area contributed by atoms with Crippen LogP contribution < -0.4 is 0 Å². The number of hydrogen-bond acceptors (Lipinski definition) is 3. The predicted octanol–water partition coefficient (Wildman–Crippen LogP) is 1.83. The molecule has 0 saturated heterocycles. The van der Waals surface area contributed by atoms with E-state index in [0.29, 0.717) is 11.8 Å². The smallest absolute Gasteiger partial charge is 0.230 e. The number of benzene rings is 1. The SMILES string of the molecule is O=C(C(O)=CO)c1ccccc1. The summed E-state index contributed by atoms with van der Waals surface area (Å²) in [5, 5.41) is 17.2. The molecular weight excluding hydrogens is 156 g/mol. The molecule has 0 aliphatic carbocycles. The summed E-state index contributed by atoms with van der Waals surface area (Å²) >= 11 is 0. The van der Waals surface area contributed by atoms with E-state index in [9.17, 15) is 4.79 Å². The number of allylic oxidation sites excluding steroid dienone is 1. The molecule has 1 aromatic carbocycles. The lowest BCUT2D eigenvalue weighted by atomic mass is 10.1. The first kappa shape index (κ1) is 8.33. The van der Waals surface area contributed by atoms with Gasteiger partial charge in [-0.2, -0.15) is 0 Å². The van der Waals surface area contributed by atoms with Crippen LogP contribution in [0.15, 0.2) is 42.4 Å². The zero-order chi connectivity index (χ0) is 8.97. The Labute approximate surface area is 69.6 Å². The van der Waals surface area contributed by atoms with Crippen molar-refractivity contribution >= 4 is 5.78 Å². The normalized spacial score (nSPS) is 11.2. The molecule has 0 saturated carbocycles. The number of Topliss-reactive ketones (excluding diaryl/α,β-unsaturated/α-hetero) is 1. The van der Waals surface area contributed by atoms with Gasteiger partial charge in [0.1, 0.15) is 6.26 Å². The summed E-state index contributed by atoms with van der Waals surface area (Å²) in [5.41, 5.74) is 0.348. The van der Waals surface area contributed by atoms with Gasteiger partial charge in [-0.25, -0.2) is 0 Å². The van der Waals surface area contributed by atoms with Crippen LogP contribution >= 0.6 is 0 Å². The van der Waals surface area contributed by atoms with E-state index in [0.717, 1.165) is 0 Å². The molecule has 0 heterocycles. The Morgan fingerprint density at radius 1 is 1.25 bits per heavy atom. The second-order valence-electron chi connectivity index (χ2n) is 2.21. The second-order valence-corrected chi connectivity index (χ2v) is 2.21. The number of aliphatic hydroxyl groups is 2. The molecule has 0 atom stereocenters. The highest BCUT2D eigenvalue weighted by Crippen LogP contribution is 2.04. The molecule has 0 aliphatic heterocycles. The molecule has 3 heteroatoms. The fraction of sp³-hybridized carbons (Fsp3) is 0. The zero-order valence-corrected chi connectivity index (χ0v) is 6.27. The quantitative estimate of drug-likeness (QED) is 0.398. The third kappa shape index (κ3) is 1.63. The Hall–Kier alpha value is -1.77. The summed E-state index contributed by atoms with van der Waals surface area (Å²) in [7, 11) is 0. The molecular formula is C9H8O3. The minimum atomic E-state index is -0.652. The van der Waals surface area contributed by atoms with E-state index in [1.165, 1.54) is 0 Å². The third-order valence-corrected chi connectivity index (χ3v) is 1.39. The van der Waals surface area contributed by atoms with Gasteiger partial charge >= 0.3 is 0 Å². The number of hydrogen-bond donors (Lipinski definition) is 2. The van der Waals surface area contributed by atoms with Crippen LogP contribution in [0, 0.1) is 0 Å². The fourth-order valence-corrected chi connectivity index (χ4v) is 0.796. The molecule has 0 aromatic heterocycles. The molecule has 0 spiro atoms. The molecule has 1 rings (SSSR count). The monoisotopic (exact) mass is 164 g/mol. The van der Waals surface area contributed by atoms with Gasteiger partial charge in [0.25, 0.3) is 0 Å². The van der Waals surface area contributed by atoms with Crippen molar-refractivity contribution in [3.63, 3.8) is 0 Å². The average Bonchev–Trinajstić information content (AvgIpc) is 2.17. The minimum absolute atomic E-state index is 0.348. The van der Waals surface area contributed by atoms with Gasteiger partial charge in [0, 0.05) is 5.56 Å². The molecule has 0 amide bonds. The van der Waals surface area contributed by atoms with Crippen LogP contribution in [0.1, 0.15) is 10.4 Å². The minimum Gasteiger partial charge on any atom is -0.512 e. The molecule has 0 unspecified atom stereocenters. The van der Waals surface area contributed by atoms with Crippen LogP contribution in [0.5, 0.6) is 0 Å². The van der Waals surface area contributed by atoms with Crippen LogP contribution in [0.2, 0.25) is 0 Å². The van der Waals surface area contributed by atoms with Crippen molar-refractivity contribution in [1.29, 1.82) is 0 Å². The number of carbonyl (C=O) groups excluding carboxylic acids is 1. The highest BCUT2D eigenvalue weighted by atomic mass is 16.3. The van der Waals surface area contributed by atoms with E-state index < -0.39 is 11.5 Å². The average molecular weight is 164 g/mol. The van der Waals surface area contributed by atoms with Gasteiger partial charge in [0.15, 0.2) is 5.76 Å². The number of ketones is 1. The lowest BCUT2D eigenvalue weighted by Crippen LogP contribution is -2.01. The van der Waals surface area contributed by atoms with Gasteiger partial charge in [-0.1, -0.05) is 30.3 Å². The fourth-order valence-electron chi connectivity index (χ4n) is 0.796. The zero-order valence-electron chi connectivity index (χ0n) is 6.27. The molecule has 0 fully saturated rings. The van der Waals surface area contributed by atoms with Crippen LogP contribution in [-0.2, 0) is 0 Å². The largest absolute Gasteiger partial charge is 0.512 e. The third-order valence-electron chi connectivity index (χ3n) is 1.39. The standard InChI is InChI=1S/C9H8O3/c10-6-8(11)9(12)7-4-2-1-3-5-7/h1-6,10-11H. The Morgan fingerprint density at radius 3 is 2.33 bits per heavy atom. The molecule has 3 nitrogen and oxygen atoms in total. The molecule has 12 heavy (non-hydrogen) atoms. The van der Waals surface area contributed by atoms with Gasteiger partial charge in [0.2, 0.25) is 5.78 Å². The van der Waals surface area contributed by atoms with Gasteiger partial charge in [-0.05, 0) is 0 Å².